The number of nitrogens with zero attached hydrogens (tertiary/aromatic N) is 2. The second-order valence-corrected chi connectivity index (χ2v) is 6.36. The summed E-state index contributed by atoms with van der Waals surface area (Å²) in [5, 5.41) is 3.37. The molecule has 0 bridgehead atoms. The third kappa shape index (κ3) is 2.86. The summed E-state index contributed by atoms with van der Waals surface area (Å²) in [5.74, 6) is 0.897. The highest BCUT2D eigenvalue weighted by atomic mass is 16.2. The van der Waals surface area contributed by atoms with E-state index in [-0.39, 0.29) is 6.04 Å². The number of likely N-dealkylation sites (tertiary alicyclic amines) is 1. The first-order valence-electron chi connectivity index (χ1n) is 7.23. The standard InChI is InChI=1S/C14H27N3O/c1-10(2)7-13-14(18)17(9-15-13)12-5-6-16(4)11(3)8-12/h10-13,15H,5-9H2,1-4H3. The smallest absolute Gasteiger partial charge is 0.241 e. The molecule has 1 N–H and O–H groups in total. The van der Waals surface area contributed by atoms with E-state index >= 15 is 0 Å². The van der Waals surface area contributed by atoms with E-state index in [0.29, 0.717) is 23.9 Å². The fourth-order valence-corrected chi connectivity index (χ4v) is 3.09. The minimum absolute atomic E-state index is 0.0555. The fourth-order valence-electron chi connectivity index (χ4n) is 3.09. The summed E-state index contributed by atoms with van der Waals surface area (Å²) in [6.07, 6.45) is 3.18. The molecule has 0 radical (unpaired) electrons. The molecule has 0 saturated carbocycles. The molecule has 0 aromatic rings. The molecule has 2 rings (SSSR count). The molecule has 0 aromatic heterocycles. The van der Waals surface area contributed by atoms with Crippen molar-refractivity contribution < 1.29 is 4.79 Å². The van der Waals surface area contributed by atoms with Gasteiger partial charge in [-0.15, -0.1) is 0 Å². The third-order valence-electron chi connectivity index (χ3n) is 4.42. The maximum absolute atomic E-state index is 12.4. The van der Waals surface area contributed by atoms with Crippen molar-refractivity contribution in [3.05, 3.63) is 0 Å². The third-order valence-corrected chi connectivity index (χ3v) is 4.42. The highest BCUT2D eigenvalue weighted by Crippen LogP contribution is 2.24. The van der Waals surface area contributed by atoms with Crippen molar-refractivity contribution >= 4 is 5.91 Å². The summed E-state index contributed by atoms with van der Waals surface area (Å²) in [5.41, 5.74) is 0. The van der Waals surface area contributed by atoms with Crippen LogP contribution < -0.4 is 5.32 Å². The van der Waals surface area contributed by atoms with Gasteiger partial charge >= 0.3 is 0 Å². The summed E-state index contributed by atoms with van der Waals surface area (Å²) in [4.78, 5) is 16.8. The van der Waals surface area contributed by atoms with E-state index in [1.165, 1.54) is 0 Å². The van der Waals surface area contributed by atoms with Crippen LogP contribution in [-0.4, -0.2) is 54.1 Å². The highest BCUT2D eigenvalue weighted by Gasteiger charge is 2.37. The SMILES string of the molecule is CC(C)CC1NCN(C2CCN(C)C(C)C2)C1=O. The lowest BCUT2D eigenvalue weighted by Crippen LogP contribution is -2.48. The van der Waals surface area contributed by atoms with E-state index in [4.69, 9.17) is 0 Å². The van der Waals surface area contributed by atoms with Gasteiger partial charge in [0.2, 0.25) is 5.91 Å². The Bertz CT molecular complexity index is 305. The van der Waals surface area contributed by atoms with Crippen molar-refractivity contribution in [3.8, 4) is 0 Å². The quantitative estimate of drug-likeness (QED) is 0.823. The minimum atomic E-state index is 0.0555. The Morgan fingerprint density at radius 1 is 1.44 bits per heavy atom. The van der Waals surface area contributed by atoms with Crippen LogP contribution in [-0.2, 0) is 4.79 Å². The van der Waals surface area contributed by atoms with Crippen LogP contribution in [0, 0.1) is 5.92 Å². The molecule has 0 spiro atoms. The molecule has 4 nitrogen and oxygen atoms in total. The van der Waals surface area contributed by atoms with Gasteiger partial charge in [-0.05, 0) is 39.2 Å². The number of amides is 1. The lowest BCUT2D eigenvalue weighted by Gasteiger charge is -2.39. The molecule has 2 fully saturated rings. The predicted octanol–water partition coefficient (Wildman–Crippen LogP) is 1.27. The van der Waals surface area contributed by atoms with Gasteiger partial charge in [-0.2, -0.15) is 0 Å². The Morgan fingerprint density at radius 2 is 2.17 bits per heavy atom. The van der Waals surface area contributed by atoms with Crippen LogP contribution in [0.3, 0.4) is 0 Å². The van der Waals surface area contributed by atoms with Crippen LogP contribution in [0.15, 0.2) is 0 Å². The van der Waals surface area contributed by atoms with E-state index < -0.39 is 0 Å². The van der Waals surface area contributed by atoms with Crippen molar-refractivity contribution in [1.82, 2.24) is 15.1 Å². The Balaban J connectivity index is 1.93. The van der Waals surface area contributed by atoms with Gasteiger partial charge in [0, 0.05) is 18.6 Å². The summed E-state index contributed by atoms with van der Waals surface area (Å²) in [7, 11) is 2.17. The molecular weight excluding hydrogens is 226 g/mol. The number of carbonyl (C=O) groups is 1. The van der Waals surface area contributed by atoms with E-state index in [1.807, 2.05) is 0 Å². The molecule has 2 aliphatic rings. The number of nitrogens with one attached hydrogen (secondary N) is 1. The second kappa shape index (κ2) is 5.57. The van der Waals surface area contributed by atoms with E-state index in [2.05, 4.69) is 42.9 Å². The maximum atomic E-state index is 12.4. The van der Waals surface area contributed by atoms with Crippen LogP contribution in [0.5, 0.6) is 0 Å². The number of piperidine rings is 1. The molecule has 2 saturated heterocycles. The molecule has 2 aliphatic heterocycles. The van der Waals surface area contributed by atoms with Gasteiger partial charge < -0.3 is 9.80 Å². The summed E-state index contributed by atoms with van der Waals surface area (Å²) < 4.78 is 0. The predicted molar refractivity (Wildman–Crippen MR) is 73.2 cm³/mol. The van der Waals surface area contributed by atoms with Crippen LogP contribution in [0.4, 0.5) is 0 Å². The Hall–Kier alpha value is -0.610. The van der Waals surface area contributed by atoms with E-state index in [1.54, 1.807) is 0 Å². The number of hydrogen-bond donors (Lipinski definition) is 1. The van der Waals surface area contributed by atoms with Gasteiger partial charge in [-0.1, -0.05) is 13.8 Å². The summed E-state index contributed by atoms with van der Waals surface area (Å²) in [6.45, 7) is 8.46. The van der Waals surface area contributed by atoms with Gasteiger partial charge in [0.25, 0.3) is 0 Å². The maximum Gasteiger partial charge on any atom is 0.241 e. The normalized spacial score (nSPS) is 34.6. The first-order chi connectivity index (χ1) is 8.49. The number of carbonyl (C=O) groups excluding carboxylic acids is 1. The zero-order valence-electron chi connectivity index (χ0n) is 12.1. The minimum Gasteiger partial charge on any atom is -0.325 e. The van der Waals surface area contributed by atoms with E-state index in [9.17, 15) is 4.79 Å². The molecule has 0 aromatic carbocycles. The number of rotatable bonds is 3. The molecule has 18 heavy (non-hydrogen) atoms. The number of hydrogen-bond acceptors (Lipinski definition) is 3. The first-order valence-corrected chi connectivity index (χ1v) is 7.23. The molecule has 3 atom stereocenters. The van der Waals surface area contributed by atoms with Gasteiger partial charge in [-0.3, -0.25) is 10.1 Å². The van der Waals surface area contributed by atoms with Crippen molar-refractivity contribution in [3.63, 3.8) is 0 Å². The van der Waals surface area contributed by atoms with Crippen LogP contribution >= 0.6 is 0 Å². The Morgan fingerprint density at radius 3 is 2.78 bits per heavy atom. The van der Waals surface area contributed by atoms with Crippen molar-refractivity contribution in [1.29, 1.82) is 0 Å². The summed E-state index contributed by atoms with van der Waals surface area (Å²) >= 11 is 0. The topological polar surface area (TPSA) is 35.6 Å². The Labute approximate surface area is 111 Å². The van der Waals surface area contributed by atoms with Gasteiger partial charge in [0.1, 0.15) is 0 Å². The first kappa shape index (κ1) is 13.8. The van der Waals surface area contributed by atoms with Crippen LogP contribution in [0.1, 0.15) is 40.0 Å². The van der Waals surface area contributed by atoms with Gasteiger partial charge in [0.15, 0.2) is 0 Å². The van der Waals surface area contributed by atoms with Crippen molar-refractivity contribution in [2.75, 3.05) is 20.3 Å². The van der Waals surface area contributed by atoms with Gasteiger partial charge in [-0.25, -0.2) is 0 Å². The zero-order valence-corrected chi connectivity index (χ0v) is 12.1. The zero-order chi connectivity index (χ0) is 13.3. The van der Waals surface area contributed by atoms with Crippen molar-refractivity contribution in [2.24, 2.45) is 5.92 Å². The summed E-state index contributed by atoms with van der Waals surface area (Å²) in [6, 6.07) is 1.08. The highest BCUT2D eigenvalue weighted by molar-refractivity contribution is 5.84. The molecule has 2 heterocycles. The molecule has 3 unspecified atom stereocenters. The van der Waals surface area contributed by atoms with Crippen LogP contribution in [0.25, 0.3) is 0 Å². The molecular formula is C14H27N3O. The average Bonchev–Trinajstić information content (AvgIpc) is 2.64. The Kier molecular flexibility index (Phi) is 4.28. The fraction of sp³-hybridized carbons (Fsp3) is 0.929. The van der Waals surface area contributed by atoms with Crippen molar-refractivity contribution in [2.45, 2.75) is 58.2 Å². The average molecular weight is 253 g/mol. The van der Waals surface area contributed by atoms with E-state index in [0.717, 1.165) is 32.5 Å². The molecule has 0 aliphatic carbocycles. The molecule has 1 amide bonds. The largest absolute Gasteiger partial charge is 0.325 e. The lowest BCUT2D eigenvalue weighted by atomic mass is 9.97. The monoisotopic (exact) mass is 253 g/mol. The molecule has 4 heteroatoms. The van der Waals surface area contributed by atoms with Crippen LogP contribution in [0.2, 0.25) is 0 Å². The lowest BCUT2D eigenvalue weighted by molar-refractivity contribution is -0.132. The van der Waals surface area contributed by atoms with Gasteiger partial charge in [0.05, 0.1) is 12.7 Å². The molecule has 104 valence electrons. The second-order valence-electron chi connectivity index (χ2n) is 6.36.